The Hall–Kier alpha value is -3.02. The van der Waals surface area contributed by atoms with Crippen molar-refractivity contribution < 1.29 is 4.79 Å². The molecule has 0 saturated heterocycles. The number of rotatable bonds is 3. The van der Waals surface area contributed by atoms with Crippen molar-refractivity contribution in [2.75, 3.05) is 0 Å². The lowest BCUT2D eigenvalue weighted by Crippen LogP contribution is -2.44. The number of aromatic nitrogens is 2. The Balaban J connectivity index is 2.02. The van der Waals surface area contributed by atoms with Crippen LogP contribution in [0.25, 0.3) is 5.70 Å². The molecule has 0 spiro atoms. The van der Waals surface area contributed by atoms with Crippen molar-refractivity contribution in [1.82, 2.24) is 14.9 Å². The van der Waals surface area contributed by atoms with Crippen LogP contribution < -0.4 is 5.73 Å². The molecule has 1 atom stereocenters. The van der Waals surface area contributed by atoms with Crippen LogP contribution in [0.5, 0.6) is 0 Å². The van der Waals surface area contributed by atoms with Gasteiger partial charge in [-0.2, -0.15) is 0 Å². The highest BCUT2D eigenvalue weighted by atomic mass is 16.2. The third-order valence-electron chi connectivity index (χ3n) is 5.19. The van der Waals surface area contributed by atoms with E-state index in [1.54, 1.807) is 0 Å². The van der Waals surface area contributed by atoms with E-state index < -0.39 is 0 Å². The summed E-state index contributed by atoms with van der Waals surface area (Å²) >= 11 is 0. The molecule has 1 aliphatic rings. The van der Waals surface area contributed by atoms with Crippen molar-refractivity contribution >= 4 is 17.8 Å². The number of allylic oxidation sites excluding steroid dienone is 1. The summed E-state index contributed by atoms with van der Waals surface area (Å²) < 4.78 is 0. The van der Waals surface area contributed by atoms with E-state index in [4.69, 9.17) is 11.1 Å². The third-order valence-corrected chi connectivity index (χ3v) is 5.19. The Kier molecular flexibility index (Phi) is 5.08. The molecule has 0 bridgehead atoms. The first-order valence-corrected chi connectivity index (χ1v) is 9.03. The number of carbonyl (C=O) groups is 1. The molecule has 0 saturated carbocycles. The van der Waals surface area contributed by atoms with E-state index in [1.807, 2.05) is 50.8 Å². The number of hydrogen-bond acceptors (Lipinski definition) is 5. The van der Waals surface area contributed by atoms with Gasteiger partial charge in [0.1, 0.15) is 5.82 Å². The Morgan fingerprint density at radius 2 is 2.04 bits per heavy atom. The van der Waals surface area contributed by atoms with Crippen molar-refractivity contribution in [3.05, 3.63) is 63.7 Å². The Morgan fingerprint density at radius 1 is 1.30 bits per heavy atom. The fourth-order valence-electron chi connectivity index (χ4n) is 3.54. The molecule has 2 aromatic rings. The maximum atomic E-state index is 13.2. The molecular formula is C21H25N5O. The first-order valence-electron chi connectivity index (χ1n) is 9.03. The summed E-state index contributed by atoms with van der Waals surface area (Å²) in [6.07, 6.45) is 3.32. The SMILES string of the molecule is Cc1nc2c(c(/C(N)=C/C=N)n1)CC(C)N(C(=O)c1cccc(C)c1C)C2. The molecule has 2 heterocycles. The molecule has 6 nitrogen and oxygen atoms in total. The number of amides is 1. The summed E-state index contributed by atoms with van der Waals surface area (Å²) in [4.78, 5) is 24.1. The highest BCUT2D eigenvalue weighted by Crippen LogP contribution is 2.28. The van der Waals surface area contributed by atoms with Crippen LogP contribution in [0.4, 0.5) is 0 Å². The number of hydrogen-bond donors (Lipinski definition) is 2. The first kappa shape index (κ1) is 18.8. The van der Waals surface area contributed by atoms with Crippen LogP contribution >= 0.6 is 0 Å². The van der Waals surface area contributed by atoms with E-state index in [9.17, 15) is 4.79 Å². The highest BCUT2D eigenvalue weighted by molar-refractivity contribution is 5.96. The number of aryl methyl sites for hydroxylation is 2. The molecule has 6 heteroatoms. The van der Waals surface area contributed by atoms with Gasteiger partial charge in [-0.1, -0.05) is 12.1 Å². The van der Waals surface area contributed by atoms with Crippen LogP contribution in [-0.2, 0) is 13.0 Å². The first-order chi connectivity index (χ1) is 12.8. The number of carbonyl (C=O) groups excluding carboxylic acids is 1. The van der Waals surface area contributed by atoms with Gasteiger partial charge in [0.15, 0.2) is 0 Å². The topological polar surface area (TPSA) is 96.0 Å². The van der Waals surface area contributed by atoms with E-state index in [-0.39, 0.29) is 11.9 Å². The van der Waals surface area contributed by atoms with Crippen molar-refractivity contribution in [2.24, 2.45) is 5.73 Å². The second-order valence-corrected chi connectivity index (χ2v) is 7.07. The molecular weight excluding hydrogens is 338 g/mol. The number of nitrogens with zero attached hydrogens (tertiary/aromatic N) is 3. The van der Waals surface area contributed by atoms with Crippen molar-refractivity contribution in [1.29, 1.82) is 5.41 Å². The molecule has 1 amide bonds. The Bertz CT molecular complexity index is 948. The van der Waals surface area contributed by atoms with Gasteiger partial charge in [-0.05, 0) is 57.4 Å². The molecule has 1 aromatic carbocycles. The second-order valence-electron chi connectivity index (χ2n) is 7.07. The number of nitrogens with one attached hydrogen (secondary N) is 1. The fraction of sp³-hybridized carbons (Fsp3) is 0.333. The smallest absolute Gasteiger partial charge is 0.254 e. The lowest BCUT2D eigenvalue weighted by molar-refractivity contribution is 0.0652. The molecule has 3 N–H and O–H groups in total. The van der Waals surface area contributed by atoms with Gasteiger partial charge in [0.2, 0.25) is 0 Å². The van der Waals surface area contributed by atoms with E-state index in [0.717, 1.165) is 34.2 Å². The van der Waals surface area contributed by atoms with Crippen LogP contribution in [0, 0.1) is 26.2 Å². The average Bonchev–Trinajstić information content (AvgIpc) is 2.63. The summed E-state index contributed by atoms with van der Waals surface area (Å²) in [5.41, 5.74) is 11.9. The lowest BCUT2D eigenvalue weighted by Gasteiger charge is -2.35. The van der Waals surface area contributed by atoms with Crippen LogP contribution in [0.1, 0.15) is 51.2 Å². The zero-order chi connectivity index (χ0) is 19.7. The minimum atomic E-state index is 0.00255. The quantitative estimate of drug-likeness (QED) is 0.820. The van der Waals surface area contributed by atoms with Crippen LogP contribution in [0.3, 0.4) is 0 Å². The fourth-order valence-corrected chi connectivity index (χ4v) is 3.54. The van der Waals surface area contributed by atoms with E-state index in [1.165, 1.54) is 6.08 Å². The van der Waals surface area contributed by atoms with Crippen molar-refractivity contribution in [3.63, 3.8) is 0 Å². The molecule has 0 radical (unpaired) electrons. The summed E-state index contributed by atoms with van der Waals surface area (Å²) in [6.45, 7) is 8.28. The molecule has 1 unspecified atom stereocenters. The van der Waals surface area contributed by atoms with Gasteiger partial charge in [-0.3, -0.25) is 4.79 Å². The predicted octanol–water partition coefficient (Wildman–Crippen LogP) is 2.94. The maximum Gasteiger partial charge on any atom is 0.254 e. The molecule has 27 heavy (non-hydrogen) atoms. The predicted molar refractivity (Wildman–Crippen MR) is 107 cm³/mol. The van der Waals surface area contributed by atoms with Crippen molar-refractivity contribution in [2.45, 2.75) is 46.7 Å². The highest BCUT2D eigenvalue weighted by Gasteiger charge is 2.31. The molecule has 140 valence electrons. The normalized spacial score (nSPS) is 16.8. The third kappa shape index (κ3) is 3.47. The van der Waals surface area contributed by atoms with Crippen LogP contribution in [0.15, 0.2) is 24.3 Å². The van der Waals surface area contributed by atoms with E-state index in [2.05, 4.69) is 9.97 Å². The maximum absolute atomic E-state index is 13.2. The van der Waals surface area contributed by atoms with E-state index in [0.29, 0.717) is 30.2 Å². The largest absolute Gasteiger partial charge is 0.397 e. The van der Waals surface area contributed by atoms with Gasteiger partial charge in [-0.15, -0.1) is 0 Å². The summed E-state index contributed by atoms with van der Waals surface area (Å²) in [7, 11) is 0. The standard InChI is InChI=1S/C21H25N5O/c1-12-6-5-7-16(14(12)3)21(27)26-11-19-17(10-13(26)2)20(18(23)8-9-22)25-15(4)24-19/h5-9,13,22H,10-11,23H2,1-4H3/b18-8-,22-9?. The minimum absolute atomic E-state index is 0.00255. The minimum Gasteiger partial charge on any atom is -0.397 e. The Labute approximate surface area is 159 Å². The van der Waals surface area contributed by atoms with Crippen LogP contribution in [-0.4, -0.2) is 33.0 Å². The van der Waals surface area contributed by atoms with Gasteiger partial charge in [-0.25, -0.2) is 9.97 Å². The molecule has 1 aliphatic heterocycles. The Morgan fingerprint density at radius 3 is 2.74 bits per heavy atom. The number of fused-ring (bicyclic) bond motifs is 1. The zero-order valence-electron chi connectivity index (χ0n) is 16.2. The van der Waals surface area contributed by atoms with E-state index >= 15 is 0 Å². The summed E-state index contributed by atoms with van der Waals surface area (Å²) in [5.74, 6) is 0.633. The monoisotopic (exact) mass is 363 g/mol. The second kappa shape index (κ2) is 7.31. The summed E-state index contributed by atoms with van der Waals surface area (Å²) in [6, 6.07) is 5.82. The summed E-state index contributed by atoms with van der Waals surface area (Å²) in [5, 5.41) is 7.26. The average molecular weight is 363 g/mol. The molecule has 0 fully saturated rings. The molecule has 0 aliphatic carbocycles. The number of nitrogens with two attached hydrogens (primary N) is 1. The lowest BCUT2D eigenvalue weighted by atomic mass is 9.94. The van der Waals surface area contributed by atoms with Crippen molar-refractivity contribution in [3.8, 4) is 0 Å². The molecule has 3 rings (SSSR count). The van der Waals surface area contributed by atoms with Gasteiger partial charge in [0.05, 0.1) is 23.6 Å². The number of benzene rings is 1. The zero-order valence-corrected chi connectivity index (χ0v) is 16.2. The van der Waals surface area contributed by atoms with Gasteiger partial charge >= 0.3 is 0 Å². The van der Waals surface area contributed by atoms with Crippen LogP contribution in [0.2, 0.25) is 0 Å². The van der Waals surface area contributed by atoms with Gasteiger partial charge < -0.3 is 16.0 Å². The molecule has 1 aromatic heterocycles. The van der Waals surface area contributed by atoms with Gasteiger partial charge in [0.25, 0.3) is 5.91 Å². The van der Waals surface area contributed by atoms with Gasteiger partial charge in [0, 0.05) is 23.4 Å².